The van der Waals surface area contributed by atoms with Crippen molar-refractivity contribution in [1.29, 1.82) is 5.26 Å². The Morgan fingerprint density at radius 1 is 1.25 bits per heavy atom. The van der Waals surface area contributed by atoms with Gasteiger partial charge in [0.1, 0.15) is 11.1 Å². The number of nitrogens with one attached hydrogen (secondary N) is 1. The molecule has 146 valence electrons. The number of carbonyl (C=O) groups excluding carboxylic acids is 1. The molecule has 2 aromatic rings. The maximum atomic E-state index is 12.6. The predicted octanol–water partition coefficient (Wildman–Crippen LogP) is 3.51. The van der Waals surface area contributed by atoms with Gasteiger partial charge in [0.15, 0.2) is 0 Å². The average Bonchev–Trinajstić information content (AvgIpc) is 3.04. The van der Waals surface area contributed by atoms with E-state index in [1.54, 1.807) is 11.3 Å². The number of nitrogens with zero attached hydrogens (tertiary/aromatic N) is 3. The van der Waals surface area contributed by atoms with Crippen LogP contribution in [0.2, 0.25) is 0 Å². The van der Waals surface area contributed by atoms with Gasteiger partial charge in [-0.1, -0.05) is 25.1 Å². The maximum absolute atomic E-state index is 12.6. The lowest BCUT2D eigenvalue weighted by molar-refractivity contribution is -0.117. The Labute approximate surface area is 170 Å². The number of amides is 1. The number of nitriles is 1. The van der Waals surface area contributed by atoms with Gasteiger partial charge in [-0.15, -0.1) is 11.3 Å². The Bertz CT molecular complexity index is 878. The molecule has 0 spiro atoms. The van der Waals surface area contributed by atoms with Gasteiger partial charge in [-0.25, -0.2) is 0 Å². The summed E-state index contributed by atoms with van der Waals surface area (Å²) >= 11 is 1.60. The van der Waals surface area contributed by atoms with Crippen molar-refractivity contribution in [3.63, 3.8) is 0 Å². The molecule has 0 saturated carbocycles. The van der Waals surface area contributed by atoms with Gasteiger partial charge < -0.3 is 10.2 Å². The van der Waals surface area contributed by atoms with Crippen LogP contribution in [0.15, 0.2) is 30.3 Å². The summed E-state index contributed by atoms with van der Waals surface area (Å²) in [5.41, 5.74) is 3.09. The largest absolute Gasteiger partial charge is 0.369 e. The second-order valence-electron chi connectivity index (χ2n) is 7.81. The molecule has 5 nitrogen and oxygen atoms in total. The number of para-hydroxylation sites is 1. The fourth-order valence-corrected chi connectivity index (χ4v) is 5.51. The maximum Gasteiger partial charge on any atom is 0.239 e. The molecule has 0 bridgehead atoms. The molecule has 2 aliphatic rings. The Kier molecular flexibility index (Phi) is 5.65. The first-order chi connectivity index (χ1) is 13.6. The van der Waals surface area contributed by atoms with Crippen LogP contribution in [0.5, 0.6) is 0 Å². The van der Waals surface area contributed by atoms with Crippen molar-refractivity contribution in [1.82, 2.24) is 4.90 Å². The zero-order valence-corrected chi connectivity index (χ0v) is 17.1. The van der Waals surface area contributed by atoms with E-state index < -0.39 is 0 Å². The molecule has 1 saturated heterocycles. The van der Waals surface area contributed by atoms with E-state index in [2.05, 4.69) is 52.4 Å². The fourth-order valence-electron chi connectivity index (χ4n) is 4.13. The number of hydrogen-bond acceptors (Lipinski definition) is 5. The lowest BCUT2D eigenvalue weighted by Crippen LogP contribution is -2.48. The van der Waals surface area contributed by atoms with Crippen molar-refractivity contribution in [2.45, 2.75) is 26.2 Å². The molecule has 1 aliphatic carbocycles. The van der Waals surface area contributed by atoms with Gasteiger partial charge in [-0.3, -0.25) is 9.69 Å². The smallest absolute Gasteiger partial charge is 0.239 e. The molecule has 1 amide bonds. The second kappa shape index (κ2) is 8.34. The summed E-state index contributed by atoms with van der Waals surface area (Å²) in [5, 5.41) is 13.4. The third-order valence-corrected chi connectivity index (χ3v) is 6.91. The van der Waals surface area contributed by atoms with Crippen molar-refractivity contribution >= 4 is 27.9 Å². The molecule has 1 aromatic carbocycles. The van der Waals surface area contributed by atoms with Crippen LogP contribution < -0.4 is 10.2 Å². The molecule has 2 heterocycles. The van der Waals surface area contributed by atoms with E-state index in [9.17, 15) is 10.1 Å². The van der Waals surface area contributed by atoms with Crippen LogP contribution in [0.3, 0.4) is 0 Å². The van der Waals surface area contributed by atoms with Gasteiger partial charge in [0.25, 0.3) is 0 Å². The minimum Gasteiger partial charge on any atom is -0.369 e. The zero-order chi connectivity index (χ0) is 19.5. The van der Waals surface area contributed by atoms with Gasteiger partial charge in [0, 0.05) is 36.7 Å². The Hall–Kier alpha value is -2.36. The monoisotopic (exact) mass is 394 g/mol. The Balaban J connectivity index is 1.34. The molecule has 6 heteroatoms. The Morgan fingerprint density at radius 3 is 2.71 bits per heavy atom. The highest BCUT2D eigenvalue weighted by Crippen LogP contribution is 2.39. The van der Waals surface area contributed by atoms with E-state index >= 15 is 0 Å². The van der Waals surface area contributed by atoms with E-state index in [-0.39, 0.29) is 5.91 Å². The van der Waals surface area contributed by atoms with Crippen LogP contribution in [-0.4, -0.2) is 43.5 Å². The number of piperazine rings is 1. The molecule has 1 aromatic heterocycles. The van der Waals surface area contributed by atoms with Crippen LogP contribution >= 0.6 is 11.3 Å². The number of fused-ring (bicyclic) bond motifs is 1. The summed E-state index contributed by atoms with van der Waals surface area (Å²) < 4.78 is 0. The first-order valence-electron chi connectivity index (χ1n) is 10.0. The van der Waals surface area contributed by atoms with Crippen molar-refractivity contribution in [2.24, 2.45) is 5.92 Å². The second-order valence-corrected chi connectivity index (χ2v) is 8.92. The molecule has 0 radical (unpaired) electrons. The minimum absolute atomic E-state index is 0.0173. The van der Waals surface area contributed by atoms with Gasteiger partial charge in [-0.05, 0) is 42.9 Å². The third-order valence-electron chi connectivity index (χ3n) is 5.74. The normalized spacial score (nSPS) is 19.7. The number of thiophene rings is 1. The fraction of sp³-hybridized carbons (Fsp3) is 0.455. The molecular formula is C22H26N4OS. The van der Waals surface area contributed by atoms with Gasteiger partial charge in [0.2, 0.25) is 5.91 Å². The molecule has 1 aliphatic heterocycles. The van der Waals surface area contributed by atoms with Crippen LogP contribution in [0.4, 0.5) is 10.7 Å². The molecule has 1 N–H and O–H groups in total. The zero-order valence-electron chi connectivity index (χ0n) is 16.3. The van der Waals surface area contributed by atoms with Crippen molar-refractivity contribution in [3.8, 4) is 6.07 Å². The summed E-state index contributed by atoms with van der Waals surface area (Å²) in [6.45, 7) is 6.21. The highest BCUT2D eigenvalue weighted by molar-refractivity contribution is 7.16. The quantitative estimate of drug-likeness (QED) is 0.862. The van der Waals surface area contributed by atoms with Crippen molar-refractivity contribution in [3.05, 3.63) is 46.3 Å². The van der Waals surface area contributed by atoms with E-state index in [1.807, 2.05) is 6.07 Å². The standard InChI is InChI=1S/C22H26N4OS/c1-16-7-8-18-19(14-23)22(28-20(18)13-16)24-21(27)15-25-9-11-26(12-10-25)17-5-3-2-4-6-17/h2-6,16H,7-13,15H2,1H3,(H,24,27)/t16-/m0/s1. The van der Waals surface area contributed by atoms with Crippen molar-refractivity contribution in [2.75, 3.05) is 42.9 Å². The first-order valence-corrected chi connectivity index (χ1v) is 10.8. The van der Waals surface area contributed by atoms with Gasteiger partial charge >= 0.3 is 0 Å². The molecule has 1 fully saturated rings. The van der Waals surface area contributed by atoms with Gasteiger partial charge in [-0.2, -0.15) is 5.26 Å². The molecule has 0 unspecified atom stereocenters. The summed E-state index contributed by atoms with van der Waals surface area (Å²) in [7, 11) is 0. The summed E-state index contributed by atoms with van der Waals surface area (Å²) in [6, 6.07) is 12.7. The lowest BCUT2D eigenvalue weighted by Gasteiger charge is -2.35. The van der Waals surface area contributed by atoms with Crippen LogP contribution in [0.1, 0.15) is 29.3 Å². The van der Waals surface area contributed by atoms with E-state index in [1.165, 1.54) is 10.6 Å². The highest BCUT2D eigenvalue weighted by atomic mass is 32.1. The van der Waals surface area contributed by atoms with Crippen LogP contribution in [0.25, 0.3) is 0 Å². The van der Waals surface area contributed by atoms with Crippen LogP contribution in [0, 0.1) is 17.2 Å². The molecule has 1 atom stereocenters. The van der Waals surface area contributed by atoms with Gasteiger partial charge in [0.05, 0.1) is 12.1 Å². The number of rotatable bonds is 4. The number of hydrogen-bond donors (Lipinski definition) is 1. The van der Waals surface area contributed by atoms with E-state index in [0.29, 0.717) is 18.0 Å². The van der Waals surface area contributed by atoms with E-state index in [4.69, 9.17) is 0 Å². The average molecular weight is 395 g/mol. The number of benzene rings is 1. The summed E-state index contributed by atoms with van der Waals surface area (Å²) in [6.07, 6.45) is 3.09. The Morgan fingerprint density at radius 2 is 2.00 bits per heavy atom. The third kappa shape index (κ3) is 4.06. The minimum atomic E-state index is -0.0173. The van der Waals surface area contributed by atoms with Crippen LogP contribution in [-0.2, 0) is 17.6 Å². The predicted molar refractivity (Wildman–Crippen MR) is 114 cm³/mol. The molecule has 4 rings (SSSR count). The summed E-state index contributed by atoms with van der Waals surface area (Å²) in [5.74, 6) is 0.637. The molecular weight excluding hydrogens is 368 g/mol. The summed E-state index contributed by atoms with van der Waals surface area (Å²) in [4.78, 5) is 18.4. The topological polar surface area (TPSA) is 59.4 Å². The van der Waals surface area contributed by atoms with Crippen molar-refractivity contribution < 1.29 is 4.79 Å². The molecule has 28 heavy (non-hydrogen) atoms. The first kappa shape index (κ1) is 19.0. The SMILES string of the molecule is C[C@H]1CCc2c(sc(NC(=O)CN3CCN(c4ccccc4)CC3)c2C#N)C1. The number of carbonyl (C=O) groups is 1. The van der Waals surface area contributed by atoms with E-state index in [0.717, 1.165) is 56.0 Å². The highest BCUT2D eigenvalue weighted by Gasteiger charge is 2.25. The lowest BCUT2D eigenvalue weighted by atomic mass is 9.89. The number of anilines is 2.